The molecule has 0 spiro atoms. The van der Waals surface area contributed by atoms with E-state index in [0.717, 1.165) is 11.3 Å². The molecule has 6 nitrogen and oxygen atoms in total. The molecule has 2 heterocycles. The summed E-state index contributed by atoms with van der Waals surface area (Å²) in [6, 6.07) is 1.17. The van der Waals surface area contributed by atoms with Crippen LogP contribution >= 0.6 is 11.3 Å². The molecule has 102 valence electrons. The first-order valence-corrected chi connectivity index (χ1v) is 7.93. The molecule has 19 heavy (non-hydrogen) atoms. The van der Waals surface area contributed by atoms with E-state index in [0.29, 0.717) is 5.01 Å². The highest BCUT2D eigenvalue weighted by molar-refractivity contribution is 7.89. The van der Waals surface area contributed by atoms with E-state index in [4.69, 9.17) is 0 Å². The van der Waals surface area contributed by atoms with Gasteiger partial charge in [-0.3, -0.25) is 4.79 Å². The molecule has 0 amide bonds. The molecule has 2 aromatic heterocycles. The Hall–Kier alpha value is -1.51. The fourth-order valence-corrected chi connectivity index (χ4v) is 3.37. The molecule has 0 aliphatic rings. The summed E-state index contributed by atoms with van der Waals surface area (Å²) in [5, 5.41) is 0.674. The monoisotopic (exact) mass is 299 g/mol. The van der Waals surface area contributed by atoms with Crippen LogP contribution in [0.4, 0.5) is 0 Å². The van der Waals surface area contributed by atoms with Crippen molar-refractivity contribution in [2.75, 3.05) is 0 Å². The lowest BCUT2D eigenvalue weighted by atomic mass is 10.4. The van der Waals surface area contributed by atoms with Crippen LogP contribution in [-0.2, 0) is 23.0 Å². The van der Waals surface area contributed by atoms with E-state index in [1.165, 1.54) is 29.8 Å². The smallest absolute Gasteiger partial charge is 0.246 e. The number of hydrogen-bond acceptors (Lipinski definition) is 5. The second kappa shape index (κ2) is 5.64. The van der Waals surface area contributed by atoms with Crippen molar-refractivity contribution < 1.29 is 8.42 Å². The van der Waals surface area contributed by atoms with Gasteiger partial charge >= 0.3 is 0 Å². The van der Waals surface area contributed by atoms with Crippen LogP contribution in [0.3, 0.4) is 0 Å². The minimum Gasteiger partial charge on any atom is -0.366 e. The maximum absolute atomic E-state index is 11.9. The van der Waals surface area contributed by atoms with Crippen molar-refractivity contribution in [3.63, 3.8) is 0 Å². The highest BCUT2D eigenvalue weighted by Gasteiger charge is 2.17. The third-order valence-electron chi connectivity index (χ3n) is 2.44. The molecular weight excluding hydrogens is 286 g/mol. The van der Waals surface area contributed by atoms with Crippen molar-refractivity contribution in [3.8, 4) is 0 Å². The number of aromatic nitrogens is 2. The quantitative estimate of drug-likeness (QED) is 0.857. The number of aromatic amines is 1. The van der Waals surface area contributed by atoms with Gasteiger partial charge < -0.3 is 4.98 Å². The van der Waals surface area contributed by atoms with E-state index in [9.17, 15) is 13.2 Å². The number of pyridine rings is 1. The predicted molar refractivity (Wildman–Crippen MR) is 72.6 cm³/mol. The average molecular weight is 299 g/mol. The molecule has 0 saturated heterocycles. The molecule has 0 radical (unpaired) electrons. The molecule has 0 saturated carbocycles. The summed E-state index contributed by atoms with van der Waals surface area (Å²) in [5.41, 5.74) is -0.542. The van der Waals surface area contributed by atoms with Crippen LogP contribution in [0.25, 0.3) is 0 Å². The Balaban J connectivity index is 2.14. The standard InChI is InChI=1S/C11H13N3O3S2/c1-2-8-5-13-11(18-8)7-14-19(16,17)10-6-12-4-3-9(10)15/h3-6,14H,2,7H2,1H3,(H,12,15). The van der Waals surface area contributed by atoms with Crippen molar-refractivity contribution in [2.24, 2.45) is 0 Å². The van der Waals surface area contributed by atoms with Crippen LogP contribution in [0.2, 0.25) is 0 Å². The molecule has 8 heteroatoms. The van der Waals surface area contributed by atoms with Crippen LogP contribution < -0.4 is 10.2 Å². The molecule has 2 N–H and O–H groups in total. The van der Waals surface area contributed by atoms with Gasteiger partial charge in [0.25, 0.3) is 0 Å². The number of hydrogen-bond donors (Lipinski definition) is 2. The zero-order valence-corrected chi connectivity index (χ0v) is 11.8. The van der Waals surface area contributed by atoms with E-state index in [1.807, 2.05) is 6.92 Å². The zero-order valence-electron chi connectivity index (χ0n) is 10.2. The minimum absolute atomic E-state index is 0.0847. The highest BCUT2D eigenvalue weighted by Crippen LogP contribution is 2.13. The second-order valence-corrected chi connectivity index (χ2v) is 6.71. The van der Waals surface area contributed by atoms with E-state index in [2.05, 4.69) is 14.7 Å². The number of thiazole rings is 1. The summed E-state index contributed by atoms with van der Waals surface area (Å²) in [4.78, 5) is 19.0. The highest BCUT2D eigenvalue weighted by atomic mass is 32.2. The fraction of sp³-hybridized carbons (Fsp3) is 0.273. The number of nitrogens with one attached hydrogen (secondary N) is 2. The van der Waals surface area contributed by atoms with E-state index >= 15 is 0 Å². The average Bonchev–Trinajstić information content (AvgIpc) is 2.85. The largest absolute Gasteiger partial charge is 0.366 e. The number of nitrogens with zero attached hydrogens (tertiary/aromatic N) is 1. The molecule has 2 rings (SSSR count). The van der Waals surface area contributed by atoms with Crippen LogP contribution in [0, 0.1) is 0 Å². The lowest BCUT2D eigenvalue weighted by Gasteiger charge is -2.03. The molecule has 0 aliphatic carbocycles. The second-order valence-electron chi connectivity index (χ2n) is 3.77. The summed E-state index contributed by atoms with van der Waals surface area (Å²) in [7, 11) is -3.81. The molecule has 0 atom stereocenters. The lowest BCUT2D eigenvalue weighted by molar-refractivity contribution is 0.580. The van der Waals surface area contributed by atoms with Gasteiger partial charge in [-0.15, -0.1) is 11.3 Å². The number of H-pyrrole nitrogens is 1. The van der Waals surface area contributed by atoms with Crippen LogP contribution in [-0.4, -0.2) is 18.4 Å². The van der Waals surface area contributed by atoms with Gasteiger partial charge in [0.15, 0.2) is 0 Å². The Morgan fingerprint density at radius 1 is 1.47 bits per heavy atom. The maximum atomic E-state index is 11.9. The minimum atomic E-state index is -3.81. The van der Waals surface area contributed by atoms with Crippen molar-refractivity contribution in [2.45, 2.75) is 24.8 Å². The molecule has 0 unspecified atom stereocenters. The van der Waals surface area contributed by atoms with Crippen LogP contribution in [0.1, 0.15) is 16.8 Å². The third kappa shape index (κ3) is 3.28. The van der Waals surface area contributed by atoms with E-state index < -0.39 is 15.5 Å². The first-order valence-electron chi connectivity index (χ1n) is 5.63. The lowest BCUT2D eigenvalue weighted by Crippen LogP contribution is -2.27. The molecule has 0 aromatic carbocycles. The summed E-state index contributed by atoms with van der Waals surface area (Å²) in [6.07, 6.45) is 5.14. The first kappa shape index (κ1) is 13.9. The summed E-state index contributed by atoms with van der Waals surface area (Å²) >= 11 is 1.45. The Bertz CT molecular complexity index is 719. The Morgan fingerprint density at radius 3 is 2.89 bits per heavy atom. The Kier molecular flexibility index (Phi) is 4.13. The summed E-state index contributed by atoms with van der Waals surface area (Å²) in [6.45, 7) is 2.09. The van der Waals surface area contributed by atoms with E-state index in [-0.39, 0.29) is 11.4 Å². The van der Waals surface area contributed by atoms with Gasteiger partial charge in [0.1, 0.15) is 9.90 Å². The van der Waals surface area contributed by atoms with Gasteiger partial charge in [-0.25, -0.2) is 18.1 Å². The zero-order chi connectivity index (χ0) is 13.9. The summed E-state index contributed by atoms with van der Waals surface area (Å²) < 4.78 is 26.3. The predicted octanol–water partition coefficient (Wildman–Crippen LogP) is 0.872. The molecular formula is C11H13N3O3S2. The fourth-order valence-electron chi connectivity index (χ4n) is 1.44. The SMILES string of the molecule is CCc1cnc(CNS(=O)(=O)c2c[nH]ccc2=O)s1. The Morgan fingerprint density at radius 2 is 2.26 bits per heavy atom. The van der Waals surface area contributed by atoms with E-state index in [1.54, 1.807) is 6.20 Å². The van der Waals surface area contributed by atoms with Gasteiger partial charge in [-0.05, 0) is 6.42 Å². The maximum Gasteiger partial charge on any atom is 0.246 e. The third-order valence-corrected chi connectivity index (χ3v) is 5.01. The molecule has 2 aromatic rings. The number of aryl methyl sites for hydroxylation is 1. The van der Waals surface area contributed by atoms with Gasteiger partial charge in [0.2, 0.25) is 15.5 Å². The molecule has 0 fully saturated rings. The van der Waals surface area contributed by atoms with Crippen LogP contribution in [0.5, 0.6) is 0 Å². The normalized spacial score (nSPS) is 11.6. The van der Waals surface area contributed by atoms with Gasteiger partial charge in [0.05, 0.1) is 6.54 Å². The van der Waals surface area contributed by atoms with Gasteiger partial charge in [-0.1, -0.05) is 6.92 Å². The van der Waals surface area contributed by atoms with Crippen molar-refractivity contribution >= 4 is 21.4 Å². The number of sulfonamides is 1. The summed E-state index contributed by atoms with van der Waals surface area (Å²) in [5.74, 6) is 0. The van der Waals surface area contributed by atoms with Crippen molar-refractivity contribution in [1.82, 2.24) is 14.7 Å². The topological polar surface area (TPSA) is 91.9 Å². The van der Waals surface area contributed by atoms with Crippen LogP contribution in [0.15, 0.2) is 34.3 Å². The number of rotatable bonds is 5. The first-order chi connectivity index (χ1) is 9.03. The van der Waals surface area contributed by atoms with Gasteiger partial charge in [0, 0.05) is 29.5 Å². The van der Waals surface area contributed by atoms with Gasteiger partial charge in [-0.2, -0.15) is 0 Å². The Labute approximate surface area is 114 Å². The molecule has 0 bridgehead atoms. The van der Waals surface area contributed by atoms with Crippen molar-refractivity contribution in [3.05, 3.63) is 44.8 Å². The van der Waals surface area contributed by atoms with Crippen molar-refractivity contribution in [1.29, 1.82) is 0 Å². The molecule has 0 aliphatic heterocycles.